The van der Waals surface area contributed by atoms with Crippen molar-refractivity contribution in [2.24, 2.45) is 5.16 Å². The summed E-state index contributed by atoms with van der Waals surface area (Å²) >= 11 is 3.82. The van der Waals surface area contributed by atoms with Gasteiger partial charge >= 0.3 is 5.97 Å². The Bertz CT molecular complexity index is 1220. The van der Waals surface area contributed by atoms with Crippen LogP contribution in [0.5, 0.6) is 0 Å². The van der Waals surface area contributed by atoms with Gasteiger partial charge in [-0.15, -0.1) is 0 Å². The van der Waals surface area contributed by atoms with Crippen LogP contribution in [-0.2, 0) is 20.8 Å². The number of hydrogen-bond donors (Lipinski definition) is 0. The van der Waals surface area contributed by atoms with Crippen molar-refractivity contribution in [1.29, 1.82) is 0 Å². The Morgan fingerprint density at radius 2 is 1.66 bits per heavy atom. The van der Waals surface area contributed by atoms with Gasteiger partial charge in [-0.2, -0.15) is 0 Å². The fourth-order valence-corrected chi connectivity index (χ4v) is 5.51. The molecule has 2 atom stereocenters. The average Bonchev–Trinajstić information content (AvgIpc) is 3.43. The Hall–Kier alpha value is -3.18. The molecule has 0 amide bonds. The lowest BCUT2D eigenvalue weighted by Crippen LogP contribution is -2.46. The Balaban J connectivity index is 1.68. The summed E-state index contributed by atoms with van der Waals surface area (Å²) in [5.41, 5.74) is 4.72. The molecule has 1 aliphatic carbocycles. The third kappa shape index (κ3) is 3.37. The highest BCUT2D eigenvalue weighted by molar-refractivity contribution is 9.11. The third-order valence-corrected chi connectivity index (χ3v) is 6.93. The minimum atomic E-state index is -1.31. The SMILES string of the molecule is COC(=O)[C@@]1([C@H](C2=C(Br)Cc3ccccc32)c2ccccc2)CC(c2ccccc2)=NO1. The first-order valence-electron chi connectivity index (χ1n) is 10.5. The van der Waals surface area contributed by atoms with Crippen molar-refractivity contribution in [3.8, 4) is 0 Å². The molecule has 0 saturated heterocycles. The molecule has 0 N–H and O–H groups in total. The first-order chi connectivity index (χ1) is 15.6. The van der Waals surface area contributed by atoms with E-state index in [1.807, 2.05) is 72.8 Å². The van der Waals surface area contributed by atoms with E-state index in [-0.39, 0.29) is 0 Å². The van der Waals surface area contributed by atoms with Crippen molar-refractivity contribution < 1.29 is 14.4 Å². The number of allylic oxidation sites excluding steroid dienone is 1. The van der Waals surface area contributed by atoms with E-state index in [0.29, 0.717) is 6.42 Å². The number of ether oxygens (including phenoxy) is 1. The molecule has 1 heterocycles. The number of benzene rings is 3. The maximum Gasteiger partial charge on any atom is 0.354 e. The molecule has 4 nitrogen and oxygen atoms in total. The van der Waals surface area contributed by atoms with Crippen LogP contribution in [0.3, 0.4) is 0 Å². The quantitative estimate of drug-likeness (QED) is 0.422. The van der Waals surface area contributed by atoms with E-state index in [1.165, 1.54) is 12.7 Å². The molecule has 5 heteroatoms. The summed E-state index contributed by atoms with van der Waals surface area (Å²) in [5, 5.41) is 4.41. The van der Waals surface area contributed by atoms with E-state index in [1.54, 1.807) is 0 Å². The molecule has 0 unspecified atom stereocenters. The minimum Gasteiger partial charge on any atom is -0.466 e. The van der Waals surface area contributed by atoms with Crippen LogP contribution in [0.25, 0.3) is 5.57 Å². The number of fused-ring (bicyclic) bond motifs is 1. The van der Waals surface area contributed by atoms with E-state index < -0.39 is 17.5 Å². The second-order valence-electron chi connectivity index (χ2n) is 8.05. The van der Waals surface area contributed by atoms with Gasteiger partial charge in [0.05, 0.1) is 18.7 Å². The summed E-state index contributed by atoms with van der Waals surface area (Å²) in [6, 6.07) is 28.1. The van der Waals surface area contributed by atoms with Gasteiger partial charge in [0, 0.05) is 17.3 Å². The lowest BCUT2D eigenvalue weighted by atomic mass is 9.72. The Labute approximate surface area is 195 Å². The summed E-state index contributed by atoms with van der Waals surface area (Å²) in [6.07, 6.45) is 1.09. The van der Waals surface area contributed by atoms with Gasteiger partial charge in [0.1, 0.15) is 0 Å². The summed E-state index contributed by atoms with van der Waals surface area (Å²) in [7, 11) is 1.40. The Morgan fingerprint density at radius 1 is 1.00 bits per heavy atom. The molecule has 1 aliphatic heterocycles. The van der Waals surface area contributed by atoms with Crippen LogP contribution in [0.2, 0.25) is 0 Å². The fraction of sp³-hybridized carbons (Fsp3) is 0.185. The predicted molar refractivity (Wildman–Crippen MR) is 129 cm³/mol. The van der Waals surface area contributed by atoms with Crippen molar-refractivity contribution in [1.82, 2.24) is 0 Å². The van der Waals surface area contributed by atoms with E-state index in [2.05, 4.69) is 33.2 Å². The monoisotopic (exact) mass is 487 g/mol. The molecule has 3 aromatic rings. The third-order valence-electron chi connectivity index (χ3n) is 6.22. The first kappa shape index (κ1) is 20.7. The first-order valence-corrected chi connectivity index (χ1v) is 11.3. The van der Waals surface area contributed by atoms with Crippen LogP contribution >= 0.6 is 15.9 Å². The lowest BCUT2D eigenvalue weighted by molar-refractivity contribution is -0.167. The number of oxime groups is 1. The van der Waals surface area contributed by atoms with Gasteiger partial charge in [0.15, 0.2) is 0 Å². The zero-order valence-corrected chi connectivity index (χ0v) is 19.2. The largest absolute Gasteiger partial charge is 0.466 e. The Kier molecular flexibility index (Phi) is 5.43. The predicted octanol–water partition coefficient (Wildman–Crippen LogP) is 5.87. The molecule has 0 radical (unpaired) electrons. The maximum absolute atomic E-state index is 13.4. The van der Waals surface area contributed by atoms with Gasteiger partial charge in [-0.05, 0) is 27.8 Å². The number of hydrogen-bond acceptors (Lipinski definition) is 4. The molecule has 32 heavy (non-hydrogen) atoms. The highest BCUT2D eigenvalue weighted by Gasteiger charge is 2.57. The normalized spacial score (nSPS) is 20.4. The topological polar surface area (TPSA) is 47.9 Å². The number of carbonyl (C=O) groups excluding carboxylic acids is 1. The second-order valence-corrected chi connectivity index (χ2v) is 9.01. The van der Waals surface area contributed by atoms with Gasteiger partial charge in [0.2, 0.25) is 5.60 Å². The van der Waals surface area contributed by atoms with Crippen molar-refractivity contribution in [2.45, 2.75) is 24.4 Å². The van der Waals surface area contributed by atoms with E-state index >= 15 is 0 Å². The number of carbonyl (C=O) groups is 1. The highest BCUT2D eigenvalue weighted by atomic mass is 79.9. The van der Waals surface area contributed by atoms with Crippen molar-refractivity contribution in [2.75, 3.05) is 7.11 Å². The van der Waals surface area contributed by atoms with Gasteiger partial charge in [-0.1, -0.05) is 106 Å². The zero-order valence-electron chi connectivity index (χ0n) is 17.6. The smallest absolute Gasteiger partial charge is 0.354 e. The van der Waals surface area contributed by atoms with Crippen LogP contribution in [0.4, 0.5) is 0 Å². The number of esters is 1. The minimum absolute atomic E-state index is 0.315. The van der Waals surface area contributed by atoms with Gasteiger partial charge in [-0.3, -0.25) is 0 Å². The number of halogens is 1. The van der Waals surface area contributed by atoms with Crippen LogP contribution < -0.4 is 0 Å². The van der Waals surface area contributed by atoms with Crippen LogP contribution in [0.15, 0.2) is 94.6 Å². The molecule has 0 spiro atoms. The lowest BCUT2D eigenvalue weighted by Gasteiger charge is -2.34. The molecule has 160 valence electrons. The maximum atomic E-state index is 13.4. The summed E-state index contributed by atoms with van der Waals surface area (Å²) in [5.74, 6) is -0.836. The molecule has 2 aliphatic rings. The van der Waals surface area contributed by atoms with Crippen LogP contribution in [0.1, 0.15) is 34.6 Å². The summed E-state index contributed by atoms with van der Waals surface area (Å²) in [6.45, 7) is 0. The van der Waals surface area contributed by atoms with Crippen LogP contribution in [0, 0.1) is 0 Å². The summed E-state index contributed by atoms with van der Waals surface area (Å²) < 4.78 is 6.38. The molecule has 0 aromatic heterocycles. The standard InChI is InChI=1S/C27H22BrNO3/c1-31-26(30)27(17-23(29-32-27)18-10-4-2-5-11-18)25(19-12-6-3-7-13-19)24-21-15-9-8-14-20(21)16-22(24)28/h2-15,25H,16-17H2,1H3/t25-,27-/m0/s1. The van der Waals surface area contributed by atoms with Crippen molar-refractivity contribution >= 4 is 33.2 Å². The average molecular weight is 488 g/mol. The summed E-state index contributed by atoms with van der Waals surface area (Å²) in [4.78, 5) is 19.6. The fourth-order valence-electron chi connectivity index (χ4n) is 4.76. The van der Waals surface area contributed by atoms with E-state index in [4.69, 9.17) is 9.57 Å². The number of methoxy groups -OCH3 is 1. The highest BCUT2D eigenvalue weighted by Crippen LogP contribution is 2.52. The van der Waals surface area contributed by atoms with E-state index in [9.17, 15) is 4.79 Å². The van der Waals surface area contributed by atoms with Gasteiger partial charge in [0.25, 0.3) is 0 Å². The number of nitrogens with zero attached hydrogens (tertiary/aromatic N) is 1. The molecule has 3 aromatic carbocycles. The molecule has 0 saturated carbocycles. The number of rotatable bonds is 5. The molecule has 0 bridgehead atoms. The molecule has 5 rings (SSSR count). The zero-order chi connectivity index (χ0) is 22.1. The van der Waals surface area contributed by atoms with Crippen LogP contribution in [-0.4, -0.2) is 24.4 Å². The van der Waals surface area contributed by atoms with Crippen molar-refractivity contribution in [3.05, 3.63) is 112 Å². The molecular formula is C27H22BrNO3. The molecular weight excluding hydrogens is 466 g/mol. The van der Waals surface area contributed by atoms with Crippen molar-refractivity contribution in [3.63, 3.8) is 0 Å². The van der Waals surface area contributed by atoms with Gasteiger partial charge < -0.3 is 9.57 Å². The second kappa shape index (κ2) is 8.40. The van der Waals surface area contributed by atoms with E-state index in [0.717, 1.165) is 38.9 Å². The Morgan fingerprint density at radius 3 is 2.38 bits per heavy atom. The van der Waals surface area contributed by atoms with Gasteiger partial charge in [-0.25, -0.2) is 4.79 Å². The molecule has 0 fully saturated rings.